The van der Waals surface area contributed by atoms with Crippen LogP contribution in [0.4, 0.5) is 0 Å². The Hall–Kier alpha value is 0.0300. The molecule has 0 radical (unpaired) electrons. The third kappa shape index (κ3) is 3.18. The Kier molecular flexibility index (Phi) is 3.22. The smallest absolute Gasteiger partial charge is 0.303 e. The van der Waals surface area contributed by atoms with E-state index in [2.05, 4.69) is 4.52 Å². The van der Waals surface area contributed by atoms with E-state index in [4.69, 9.17) is 15.6 Å². The maximum Gasteiger partial charge on any atom is 0.469 e. The summed E-state index contributed by atoms with van der Waals surface area (Å²) in [5.74, 6) is 5.51. The summed E-state index contributed by atoms with van der Waals surface area (Å²) >= 11 is 0. The first-order valence-corrected chi connectivity index (χ1v) is 5.23. The number of nitrogens with zero attached hydrogens (tertiary/aromatic N) is 1. The maximum absolute atomic E-state index is 10.3. The van der Waals surface area contributed by atoms with Crippen molar-refractivity contribution in [2.45, 2.75) is 18.9 Å². The van der Waals surface area contributed by atoms with Crippen molar-refractivity contribution in [3.63, 3.8) is 0 Å². The number of phosphoric ester groups is 1. The van der Waals surface area contributed by atoms with Gasteiger partial charge in [-0.25, -0.2) is 9.57 Å². The van der Waals surface area contributed by atoms with Crippen LogP contribution in [0.5, 0.6) is 0 Å². The van der Waals surface area contributed by atoms with Gasteiger partial charge in [0.05, 0.1) is 6.61 Å². The van der Waals surface area contributed by atoms with E-state index >= 15 is 0 Å². The van der Waals surface area contributed by atoms with Crippen LogP contribution in [-0.4, -0.2) is 34.0 Å². The molecule has 7 heteroatoms. The van der Waals surface area contributed by atoms with Gasteiger partial charge in [-0.15, -0.1) is 0 Å². The van der Waals surface area contributed by atoms with E-state index in [9.17, 15) is 4.57 Å². The molecule has 0 aromatic rings. The zero-order chi connectivity index (χ0) is 9.19. The lowest BCUT2D eigenvalue weighted by Crippen LogP contribution is -2.38. The third-order valence-electron chi connectivity index (χ3n) is 1.86. The molecule has 0 saturated carbocycles. The zero-order valence-corrected chi connectivity index (χ0v) is 7.48. The monoisotopic (exact) mass is 196 g/mol. The molecule has 0 aromatic carbocycles. The van der Waals surface area contributed by atoms with Gasteiger partial charge < -0.3 is 9.79 Å². The summed E-state index contributed by atoms with van der Waals surface area (Å²) in [4.78, 5) is 16.8. The fourth-order valence-electron chi connectivity index (χ4n) is 1.22. The molecule has 1 fully saturated rings. The zero-order valence-electron chi connectivity index (χ0n) is 6.59. The van der Waals surface area contributed by atoms with Crippen molar-refractivity contribution < 1.29 is 18.9 Å². The van der Waals surface area contributed by atoms with Crippen LogP contribution in [0.1, 0.15) is 12.8 Å². The van der Waals surface area contributed by atoms with Gasteiger partial charge in [-0.2, -0.15) is 0 Å². The average molecular weight is 196 g/mol. The van der Waals surface area contributed by atoms with Gasteiger partial charge in [0, 0.05) is 12.6 Å². The Morgan fingerprint density at radius 2 is 2.33 bits per heavy atom. The fourth-order valence-corrected chi connectivity index (χ4v) is 1.59. The normalized spacial score (nSPS) is 26.4. The van der Waals surface area contributed by atoms with Crippen LogP contribution < -0.4 is 5.84 Å². The summed E-state index contributed by atoms with van der Waals surface area (Å²) in [6.45, 7) is 0.760. The van der Waals surface area contributed by atoms with Gasteiger partial charge in [-0.05, 0) is 12.8 Å². The van der Waals surface area contributed by atoms with Crippen LogP contribution in [0, 0.1) is 0 Å². The largest absolute Gasteiger partial charge is 0.469 e. The molecule has 1 heterocycles. The molecular weight excluding hydrogens is 183 g/mol. The second-order valence-corrected chi connectivity index (χ2v) is 4.06. The van der Waals surface area contributed by atoms with Crippen LogP contribution in [-0.2, 0) is 9.09 Å². The molecule has 0 amide bonds. The number of phosphoric acid groups is 1. The summed E-state index contributed by atoms with van der Waals surface area (Å²) in [6.07, 6.45) is 1.78. The van der Waals surface area contributed by atoms with E-state index in [0.29, 0.717) is 0 Å². The van der Waals surface area contributed by atoms with E-state index in [1.54, 1.807) is 5.01 Å². The summed E-state index contributed by atoms with van der Waals surface area (Å²) in [5.41, 5.74) is 0. The van der Waals surface area contributed by atoms with Crippen molar-refractivity contribution in [3.8, 4) is 0 Å². The number of nitrogens with two attached hydrogens (primary N) is 1. The van der Waals surface area contributed by atoms with E-state index in [0.717, 1.165) is 19.4 Å². The summed E-state index contributed by atoms with van der Waals surface area (Å²) in [5, 5.41) is 1.55. The van der Waals surface area contributed by atoms with E-state index in [-0.39, 0.29) is 12.6 Å². The van der Waals surface area contributed by atoms with Crippen molar-refractivity contribution in [2.75, 3.05) is 13.2 Å². The van der Waals surface area contributed by atoms with Crippen LogP contribution in [0.3, 0.4) is 0 Å². The van der Waals surface area contributed by atoms with Gasteiger partial charge in [0.25, 0.3) is 0 Å². The predicted molar refractivity (Wildman–Crippen MR) is 41.9 cm³/mol. The standard InChI is InChI=1S/C5H13N2O4P/c6-7-3-1-2-5(7)4-11-12(8,9)10/h5H,1-4,6H2,(H2,8,9,10)/t5-/m0/s1. The predicted octanol–water partition coefficient (Wildman–Crippen LogP) is -0.566. The third-order valence-corrected chi connectivity index (χ3v) is 2.34. The molecule has 1 rings (SSSR count). The molecule has 0 aromatic heterocycles. The molecule has 0 aliphatic carbocycles. The number of hydrazine groups is 1. The summed E-state index contributed by atoms with van der Waals surface area (Å²) < 4.78 is 14.6. The highest BCUT2D eigenvalue weighted by atomic mass is 31.2. The van der Waals surface area contributed by atoms with Crippen LogP contribution in [0.25, 0.3) is 0 Å². The topological polar surface area (TPSA) is 96.0 Å². The Labute approximate surface area is 70.5 Å². The molecule has 6 nitrogen and oxygen atoms in total. The maximum atomic E-state index is 10.3. The van der Waals surface area contributed by atoms with Crippen molar-refractivity contribution in [1.82, 2.24) is 5.01 Å². The Balaban J connectivity index is 2.27. The van der Waals surface area contributed by atoms with Gasteiger partial charge >= 0.3 is 7.82 Å². The number of hydrogen-bond acceptors (Lipinski definition) is 4. The lowest BCUT2D eigenvalue weighted by atomic mass is 10.2. The second-order valence-electron chi connectivity index (χ2n) is 2.82. The van der Waals surface area contributed by atoms with Crippen molar-refractivity contribution in [1.29, 1.82) is 0 Å². The molecule has 1 aliphatic heterocycles. The Bertz CT molecular complexity index is 194. The molecule has 1 aliphatic rings. The highest BCUT2D eigenvalue weighted by molar-refractivity contribution is 7.46. The first-order chi connectivity index (χ1) is 5.49. The molecule has 12 heavy (non-hydrogen) atoms. The SMILES string of the molecule is NN1CCC[C@H]1COP(=O)(O)O. The van der Waals surface area contributed by atoms with Gasteiger partial charge in [-0.3, -0.25) is 10.4 Å². The van der Waals surface area contributed by atoms with Gasteiger partial charge in [-0.1, -0.05) is 0 Å². The molecule has 0 unspecified atom stereocenters. The first-order valence-electron chi connectivity index (χ1n) is 3.70. The van der Waals surface area contributed by atoms with Gasteiger partial charge in [0.15, 0.2) is 0 Å². The molecule has 72 valence electrons. The fraction of sp³-hybridized carbons (Fsp3) is 1.00. The van der Waals surface area contributed by atoms with Crippen LogP contribution in [0.2, 0.25) is 0 Å². The summed E-state index contributed by atoms with van der Waals surface area (Å²) in [6, 6.07) is -0.0578. The van der Waals surface area contributed by atoms with Crippen molar-refractivity contribution in [3.05, 3.63) is 0 Å². The lowest BCUT2D eigenvalue weighted by molar-refractivity contribution is 0.135. The van der Waals surface area contributed by atoms with E-state index in [1.807, 2.05) is 0 Å². The highest BCUT2D eigenvalue weighted by Gasteiger charge is 2.25. The van der Waals surface area contributed by atoms with E-state index < -0.39 is 7.82 Å². The first kappa shape index (κ1) is 10.1. The minimum absolute atomic E-state index is 0.000772. The second kappa shape index (κ2) is 3.83. The minimum Gasteiger partial charge on any atom is -0.303 e. The molecule has 0 spiro atoms. The van der Waals surface area contributed by atoms with E-state index in [1.165, 1.54) is 0 Å². The molecule has 1 saturated heterocycles. The van der Waals surface area contributed by atoms with Gasteiger partial charge in [0.1, 0.15) is 0 Å². The van der Waals surface area contributed by atoms with Crippen molar-refractivity contribution in [2.24, 2.45) is 5.84 Å². The quantitative estimate of drug-likeness (QED) is 0.413. The van der Waals surface area contributed by atoms with Gasteiger partial charge in [0.2, 0.25) is 0 Å². The van der Waals surface area contributed by atoms with Crippen LogP contribution in [0.15, 0.2) is 0 Å². The number of hydrogen-bond donors (Lipinski definition) is 3. The Morgan fingerprint density at radius 1 is 1.67 bits per heavy atom. The molecular formula is C5H13N2O4P. The minimum atomic E-state index is -4.33. The van der Waals surface area contributed by atoms with Crippen molar-refractivity contribution >= 4 is 7.82 Å². The molecule has 4 N–H and O–H groups in total. The highest BCUT2D eigenvalue weighted by Crippen LogP contribution is 2.36. The average Bonchev–Trinajstić information content (AvgIpc) is 2.29. The molecule has 0 bridgehead atoms. The number of rotatable bonds is 3. The Morgan fingerprint density at radius 3 is 2.75 bits per heavy atom. The molecule has 1 atom stereocenters. The lowest BCUT2D eigenvalue weighted by Gasteiger charge is -2.18. The summed E-state index contributed by atoms with van der Waals surface area (Å²) in [7, 11) is -4.33. The van der Waals surface area contributed by atoms with Crippen LogP contribution >= 0.6 is 7.82 Å².